The lowest BCUT2D eigenvalue weighted by atomic mass is 9.95. The molecule has 2 N–H and O–H groups in total. The molecule has 0 aliphatic carbocycles. The number of phenols is 1. The van der Waals surface area contributed by atoms with Crippen molar-refractivity contribution in [2.24, 2.45) is 0 Å². The van der Waals surface area contributed by atoms with Crippen molar-refractivity contribution < 1.29 is 15.1 Å². The van der Waals surface area contributed by atoms with Crippen molar-refractivity contribution in [1.82, 2.24) is 4.90 Å². The van der Waals surface area contributed by atoms with Crippen LogP contribution in [0.15, 0.2) is 42.5 Å². The van der Waals surface area contributed by atoms with Crippen LogP contribution in [-0.4, -0.2) is 49.4 Å². The van der Waals surface area contributed by atoms with Gasteiger partial charge in [0, 0.05) is 12.1 Å². The number of benzene rings is 2. The normalized spacial score (nSPS) is 10.9. The molecule has 26 heavy (non-hydrogen) atoms. The van der Waals surface area contributed by atoms with Crippen molar-refractivity contribution >= 4 is 13.5 Å². The standard InChI is InChI=1S/C20H27BN2O3/c1-3-22(13-14-23(25)18-7-5-4-6-8-18)15-26-19-10-9-17(11-12-21)20(24)16(19)2/h4-10,24-25H,3,11-15H2,1-2H3. The number of rotatable bonds is 10. The number of ether oxygens (including phenoxy) is 1. The minimum atomic E-state index is 0.251. The largest absolute Gasteiger partial charge is 0.507 e. The Bertz CT molecular complexity index is 682. The first-order valence-electron chi connectivity index (χ1n) is 8.95. The van der Waals surface area contributed by atoms with E-state index < -0.39 is 0 Å². The van der Waals surface area contributed by atoms with Gasteiger partial charge in [0.25, 0.3) is 0 Å². The van der Waals surface area contributed by atoms with Gasteiger partial charge in [-0.1, -0.05) is 37.5 Å². The van der Waals surface area contributed by atoms with Gasteiger partial charge in [-0.25, -0.2) is 0 Å². The number of para-hydroxylation sites is 1. The fourth-order valence-electron chi connectivity index (χ4n) is 2.69. The van der Waals surface area contributed by atoms with Crippen LogP contribution in [0.25, 0.3) is 0 Å². The Morgan fingerprint density at radius 3 is 2.46 bits per heavy atom. The molecule has 2 aromatic rings. The molecule has 0 aliphatic rings. The summed E-state index contributed by atoms with van der Waals surface area (Å²) in [6, 6.07) is 13.2. The molecule has 0 unspecified atom stereocenters. The summed E-state index contributed by atoms with van der Waals surface area (Å²) in [4.78, 5) is 2.08. The van der Waals surface area contributed by atoms with Crippen molar-refractivity contribution in [3.63, 3.8) is 0 Å². The summed E-state index contributed by atoms with van der Waals surface area (Å²) in [5, 5.41) is 21.6. The summed E-state index contributed by atoms with van der Waals surface area (Å²) >= 11 is 0. The van der Waals surface area contributed by atoms with E-state index in [1.807, 2.05) is 56.3 Å². The highest BCUT2D eigenvalue weighted by Gasteiger charge is 2.12. The van der Waals surface area contributed by atoms with Crippen LogP contribution in [0.4, 0.5) is 5.69 Å². The molecule has 0 saturated heterocycles. The van der Waals surface area contributed by atoms with Crippen LogP contribution in [0, 0.1) is 6.92 Å². The topological polar surface area (TPSA) is 56.2 Å². The maximum Gasteiger partial charge on any atom is 0.142 e. The minimum absolute atomic E-state index is 0.251. The molecule has 6 heteroatoms. The Labute approximate surface area is 157 Å². The summed E-state index contributed by atoms with van der Waals surface area (Å²) in [5.74, 6) is 0.909. The molecule has 0 fully saturated rings. The second-order valence-corrected chi connectivity index (χ2v) is 6.18. The number of hydroxylamine groups is 1. The molecule has 0 heterocycles. The first-order chi connectivity index (χ1) is 12.6. The van der Waals surface area contributed by atoms with Crippen LogP contribution in [0.5, 0.6) is 11.5 Å². The Morgan fingerprint density at radius 1 is 1.08 bits per heavy atom. The van der Waals surface area contributed by atoms with E-state index >= 15 is 0 Å². The van der Waals surface area contributed by atoms with Crippen molar-refractivity contribution in [2.75, 3.05) is 31.4 Å². The third kappa shape index (κ3) is 5.41. The molecule has 0 saturated carbocycles. The molecule has 0 atom stereocenters. The first-order valence-corrected chi connectivity index (χ1v) is 8.95. The summed E-state index contributed by atoms with van der Waals surface area (Å²) in [6.45, 7) is 6.18. The Hall–Kier alpha value is -2.18. The molecule has 0 aromatic heterocycles. The lowest BCUT2D eigenvalue weighted by molar-refractivity contribution is 0.123. The van der Waals surface area contributed by atoms with Crippen molar-refractivity contribution in [3.8, 4) is 11.5 Å². The van der Waals surface area contributed by atoms with Gasteiger partial charge < -0.3 is 9.84 Å². The fourth-order valence-corrected chi connectivity index (χ4v) is 2.69. The number of hydrogen-bond donors (Lipinski definition) is 2. The van der Waals surface area contributed by atoms with Gasteiger partial charge in [0.15, 0.2) is 0 Å². The molecule has 2 aromatic carbocycles. The van der Waals surface area contributed by atoms with E-state index in [-0.39, 0.29) is 5.75 Å². The van der Waals surface area contributed by atoms with Crippen LogP contribution in [-0.2, 0) is 6.42 Å². The average Bonchev–Trinajstić information content (AvgIpc) is 2.67. The van der Waals surface area contributed by atoms with Gasteiger partial charge >= 0.3 is 0 Å². The van der Waals surface area contributed by atoms with Crippen LogP contribution in [0.3, 0.4) is 0 Å². The Morgan fingerprint density at radius 2 is 1.81 bits per heavy atom. The Balaban J connectivity index is 1.89. The van der Waals surface area contributed by atoms with Crippen LogP contribution in [0.2, 0.25) is 6.32 Å². The van der Waals surface area contributed by atoms with Gasteiger partial charge in [-0.3, -0.25) is 15.2 Å². The molecule has 0 amide bonds. The summed E-state index contributed by atoms with van der Waals surface area (Å²) in [5.41, 5.74) is 2.32. The maximum atomic E-state index is 10.2. The fraction of sp³-hybridized carbons (Fsp3) is 0.400. The van der Waals surface area contributed by atoms with Crippen molar-refractivity contribution in [2.45, 2.75) is 26.6 Å². The number of hydrogen-bond acceptors (Lipinski definition) is 5. The predicted molar refractivity (Wildman–Crippen MR) is 105 cm³/mol. The van der Waals surface area contributed by atoms with Gasteiger partial charge in [-0.2, -0.15) is 0 Å². The molecule has 138 valence electrons. The van der Waals surface area contributed by atoms with E-state index in [0.717, 1.165) is 23.4 Å². The molecule has 0 bridgehead atoms. The first kappa shape index (κ1) is 20.1. The highest BCUT2D eigenvalue weighted by atomic mass is 16.5. The van der Waals surface area contributed by atoms with E-state index in [1.54, 1.807) is 0 Å². The summed E-state index contributed by atoms with van der Waals surface area (Å²) in [7, 11) is 5.56. The molecule has 2 rings (SSSR count). The molecule has 2 radical (unpaired) electrons. The Kier molecular flexibility index (Phi) is 7.82. The van der Waals surface area contributed by atoms with Crippen LogP contribution in [0.1, 0.15) is 18.1 Å². The predicted octanol–water partition coefficient (Wildman–Crippen LogP) is 3.38. The quantitative estimate of drug-likeness (QED) is 0.389. The smallest absolute Gasteiger partial charge is 0.142 e. The van der Waals surface area contributed by atoms with Gasteiger partial charge in [0.2, 0.25) is 0 Å². The van der Waals surface area contributed by atoms with Gasteiger partial charge in [-0.15, -0.1) is 0 Å². The van der Waals surface area contributed by atoms with E-state index in [1.165, 1.54) is 5.06 Å². The van der Waals surface area contributed by atoms with Crippen molar-refractivity contribution in [1.29, 1.82) is 0 Å². The maximum absolute atomic E-state index is 10.2. The number of anilines is 1. The zero-order valence-electron chi connectivity index (χ0n) is 15.6. The number of aromatic hydroxyl groups is 1. The number of nitrogens with zero attached hydrogens (tertiary/aromatic N) is 2. The average molecular weight is 354 g/mol. The van der Waals surface area contributed by atoms with Gasteiger partial charge in [-0.05, 0) is 43.7 Å². The SMILES string of the molecule is [B]CCc1ccc(OCN(CC)CCN(O)c2ccccc2)c(C)c1O. The molecule has 0 aliphatic heterocycles. The van der Waals surface area contributed by atoms with Crippen LogP contribution < -0.4 is 9.80 Å². The van der Waals surface area contributed by atoms with Crippen LogP contribution >= 0.6 is 0 Å². The van der Waals surface area contributed by atoms with E-state index in [0.29, 0.717) is 38.3 Å². The molecular formula is C20H27BN2O3. The number of likely N-dealkylation sites (N-methyl/N-ethyl adjacent to an activating group) is 1. The summed E-state index contributed by atoms with van der Waals surface area (Å²) in [6.07, 6.45) is 1.13. The lowest BCUT2D eigenvalue weighted by Gasteiger charge is -2.25. The van der Waals surface area contributed by atoms with Gasteiger partial charge in [0.05, 0.1) is 20.1 Å². The van der Waals surface area contributed by atoms with Crippen molar-refractivity contribution in [3.05, 3.63) is 53.6 Å². The van der Waals surface area contributed by atoms with E-state index in [2.05, 4.69) is 4.90 Å². The number of phenolic OH excluding ortho intramolecular Hbond substituents is 1. The zero-order valence-corrected chi connectivity index (χ0v) is 15.6. The number of aryl methyl sites for hydroxylation is 1. The minimum Gasteiger partial charge on any atom is -0.507 e. The zero-order chi connectivity index (χ0) is 18.9. The van der Waals surface area contributed by atoms with E-state index in [9.17, 15) is 10.3 Å². The highest BCUT2D eigenvalue weighted by molar-refractivity contribution is 6.08. The third-order valence-electron chi connectivity index (χ3n) is 4.41. The monoisotopic (exact) mass is 354 g/mol. The van der Waals surface area contributed by atoms with Gasteiger partial charge in [0.1, 0.15) is 18.2 Å². The summed E-state index contributed by atoms with van der Waals surface area (Å²) < 4.78 is 5.88. The highest BCUT2D eigenvalue weighted by Crippen LogP contribution is 2.31. The van der Waals surface area contributed by atoms with E-state index in [4.69, 9.17) is 12.6 Å². The third-order valence-corrected chi connectivity index (χ3v) is 4.41. The molecule has 0 spiro atoms. The lowest BCUT2D eigenvalue weighted by Crippen LogP contribution is -2.36. The molecular weight excluding hydrogens is 327 g/mol. The second-order valence-electron chi connectivity index (χ2n) is 6.18. The molecule has 5 nitrogen and oxygen atoms in total. The second kappa shape index (κ2) is 10.1.